The van der Waals surface area contributed by atoms with Gasteiger partial charge in [-0.3, -0.25) is 0 Å². The Labute approximate surface area is 331 Å². The quantitative estimate of drug-likeness (QED) is 0.126. The Kier molecular flexibility index (Phi) is 6.90. The molecular formula is C54H32O4. The number of allylic oxidation sites excluding steroid dienone is 4. The van der Waals surface area contributed by atoms with Crippen molar-refractivity contribution in [3.05, 3.63) is 194 Å². The summed E-state index contributed by atoms with van der Waals surface area (Å²) in [5.41, 5.74) is 14.4. The third kappa shape index (κ3) is 4.57. The molecule has 0 radical (unpaired) electrons. The molecule has 0 saturated carbocycles. The van der Waals surface area contributed by atoms with E-state index in [4.69, 9.17) is 17.7 Å². The van der Waals surface area contributed by atoms with Gasteiger partial charge in [-0.1, -0.05) is 147 Å². The molecule has 12 aromatic rings. The first-order valence-electron chi connectivity index (χ1n) is 19.4. The van der Waals surface area contributed by atoms with Crippen molar-refractivity contribution in [2.24, 2.45) is 0 Å². The molecule has 0 aliphatic heterocycles. The van der Waals surface area contributed by atoms with Gasteiger partial charge in [0.1, 0.15) is 44.7 Å². The minimum absolute atomic E-state index is 0.746. The van der Waals surface area contributed by atoms with Crippen LogP contribution in [-0.2, 0) is 0 Å². The zero-order valence-corrected chi connectivity index (χ0v) is 31.2. The van der Waals surface area contributed by atoms with Gasteiger partial charge in [-0.15, -0.1) is 0 Å². The van der Waals surface area contributed by atoms with Crippen molar-refractivity contribution in [2.75, 3.05) is 0 Å². The van der Waals surface area contributed by atoms with E-state index >= 15 is 0 Å². The van der Waals surface area contributed by atoms with Crippen molar-refractivity contribution >= 4 is 98.9 Å². The van der Waals surface area contributed by atoms with E-state index in [2.05, 4.69) is 116 Å². The summed E-state index contributed by atoms with van der Waals surface area (Å²) >= 11 is 0. The van der Waals surface area contributed by atoms with E-state index < -0.39 is 0 Å². The van der Waals surface area contributed by atoms with Crippen molar-refractivity contribution in [3.63, 3.8) is 0 Å². The first kappa shape index (κ1) is 32.4. The third-order valence-corrected chi connectivity index (χ3v) is 11.7. The van der Waals surface area contributed by atoms with Gasteiger partial charge in [0, 0.05) is 54.2 Å². The van der Waals surface area contributed by atoms with Crippen LogP contribution in [0.25, 0.3) is 121 Å². The molecule has 0 bridgehead atoms. The number of para-hydroxylation sites is 2. The summed E-state index contributed by atoms with van der Waals surface area (Å²) in [5, 5.41) is 7.91. The molecule has 0 N–H and O–H groups in total. The fourth-order valence-corrected chi connectivity index (χ4v) is 9.16. The van der Waals surface area contributed by atoms with Gasteiger partial charge in [-0.05, 0) is 69.8 Å². The summed E-state index contributed by atoms with van der Waals surface area (Å²) in [6.07, 6.45) is 3.77. The Balaban J connectivity index is 1.18. The van der Waals surface area contributed by atoms with E-state index in [1.807, 2.05) is 66.7 Å². The Bertz CT molecular complexity index is 3700. The summed E-state index contributed by atoms with van der Waals surface area (Å²) in [4.78, 5) is 0. The topological polar surface area (TPSA) is 52.6 Å². The maximum atomic E-state index is 6.93. The van der Waals surface area contributed by atoms with Gasteiger partial charge in [0.05, 0.1) is 0 Å². The maximum absolute atomic E-state index is 6.93. The maximum Gasteiger partial charge on any atom is 0.144 e. The van der Waals surface area contributed by atoms with Gasteiger partial charge in [-0.2, -0.15) is 0 Å². The summed E-state index contributed by atoms with van der Waals surface area (Å²) in [5.74, 6) is 0. The van der Waals surface area contributed by atoms with Crippen LogP contribution in [0.2, 0.25) is 0 Å². The molecule has 4 nitrogen and oxygen atoms in total. The molecule has 0 aliphatic rings. The van der Waals surface area contributed by atoms with Gasteiger partial charge in [0.25, 0.3) is 0 Å². The predicted molar refractivity (Wildman–Crippen MR) is 240 cm³/mol. The van der Waals surface area contributed by atoms with E-state index in [-0.39, 0.29) is 0 Å². The SMILES string of the molecule is C=C/C(=C(\C=C)c1cc2oc3cc4c(cc3c2c2c1oc1ccccc12)oc1cc(-c2ccccc2-c2ccccc2)c2oc3ccccc3c2c14)c1ccccc1. The largest absolute Gasteiger partial charge is 0.456 e. The molecule has 4 heteroatoms. The van der Waals surface area contributed by atoms with Crippen LogP contribution >= 0.6 is 0 Å². The van der Waals surface area contributed by atoms with Crippen LogP contribution in [0, 0.1) is 0 Å². The number of fused-ring (bicyclic) bond motifs is 14. The minimum atomic E-state index is 0.746. The van der Waals surface area contributed by atoms with Crippen LogP contribution < -0.4 is 0 Å². The highest BCUT2D eigenvalue weighted by atomic mass is 16.3. The summed E-state index contributed by atoms with van der Waals surface area (Å²) in [6, 6.07) is 54.1. The normalized spacial score (nSPS) is 12.6. The molecule has 0 aliphatic carbocycles. The van der Waals surface area contributed by atoms with E-state index in [0.29, 0.717) is 0 Å². The zero-order valence-electron chi connectivity index (χ0n) is 31.2. The molecule has 0 atom stereocenters. The number of hydrogen-bond acceptors (Lipinski definition) is 4. The summed E-state index contributed by atoms with van der Waals surface area (Å²) in [7, 11) is 0. The molecule has 272 valence electrons. The fraction of sp³-hybridized carbons (Fsp3) is 0. The molecule has 58 heavy (non-hydrogen) atoms. The molecule has 0 unspecified atom stereocenters. The highest BCUT2D eigenvalue weighted by Gasteiger charge is 2.26. The average molecular weight is 745 g/mol. The standard InChI is InChI=1S/C54H32O4/c1-3-33(31-17-7-5-8-18-31)34(4-2)39-27-47-49(51-37-23-13-15-25-43(37)57-53(39)51)41-29-46-42(30-45(41)55-47)50-48(56-46)28-40(54-52(50)38-24-14-16-26-44(38)58-54)36-22-12-11-21-35(36)32-19-9-6-10-20-32/h3-30H,1-2H2/b34-33-. The molecule has 8 aromatic carbocycles. The van der Waals surface area contributed by atoms with Gasteiger partial charge in [0.2, 0.25) is 0 Å². The molecule has 0 amide bonds. The zero-order chi connectivity index (χ0) is 38.5. The van der Waals surface area contributed by atoms with Crippen LogP contribution in [-0.4, -0.2) is 0 Å². The van der Waals surface area contributed by atoms with Gasteiger partial charge in [0.15, 0.2) is 0 Å². The number of furan rings is 4. The molecule has 0 spiro atoms. The molecule has 4 aromatic heterocycles. The number of benzene rings is 8. The molecule has 4 heterocycles. The van der Waals surface area contributed by atoms with E-state index in [9.17, 15) is 0 Å². The van der Waals surface area contributed by atoms with Crippen LogP contribution in [0.3, 0.4) is 0 Å². The Hall–Kier alpha value is -7.82. The lowest BCUT2D eigenvalue weighted by Gasteiger charge is -2.11. The molecule has 12 rings (SSSR count). The summed E-state index contributed by atoms with van der Waals surface area (Å²) in [6.45, 7) is 8.47. The highest BCUT2D eigenvalue weighted by molar-refractivity contribution is 6.32. The second kappa shape index (κ2) is 12.3. The number of hydrogen-bond donors (Lipinski definition) is 0. The Morgan fingerprint density at radius 3 is 1.52 bits per heavy atom. The lowest BCUT2D eigenvalue weighted by molar-refractivity contribution is 0.660. The van der Waals surface area contributed by atoms with Gasteiger partial charge in [-0.25, -0.2) is 0 Å². The second-order valence-corrected chi connectivity index (χ2v) is 14.8. The second-order valence-electron chi connectivity index (χ2n) is 14.8. The average Bonchev–Trinajstić information content (AvgIpc) is 4.04. The van der Waals surface area contributed by atoms with Crippen molar-refractivity contribution in [1.29, 1.82) is 0 Å². The van der Waals surface area contributed by atoms with Crippen LogP contribution in [0.1, 0.15) is 11.1 Å². The fourth-order valence-electron chi connectivity index (χ4n) is 9.16. The predicted octanol–water partition coefficient (Wildman–Crippen LogP) is 15.9. The monoisotopic (exact) mass is 744 g/mol. The highest BCUT2D eigenvalue weighted by Crippen LogP contribution is 2.49. The van der Waals surface area contributed by atoms with Gasteiger partial charge < -0.3 is 17.7 Å². The minimum Gasteiger partial charge on any atom is -0.456 e. The lowest BCUT2D eigenvalue weighted by atomic mass is 9.91. The van der Waals surface area contributed by atoms with Crippen molar-refractivity contribution in [1.82, 2.24) is 0 Å². The third-order valence-electron chi connectivity index (χ3n) is 11.7. The van der Waals surface area contributed by atoms with Gasteiger partial charge >= 0.3 is 0 Å². The smallest absolute Gasteiger partial charge is 0.144 e. The van der Waals surface area contributed by atoms with Crippen molar-refractivity contribution < 1.29 is 17.7 Å². The van der Waals surface area contributed by atoms with Crippen LogP contribution in [0.5, 0.6) is 0 Å². The lowest BCUT2D eigenvalue weighted by Crippen LogP contribution is -1.90. The van der Waals surface area contributed by atoms with Crippen LogP contribution in [0.4, 0.5) is 0 Å². The first-order chi connectivity index (χ1) is 28.7. The number of rotatable bonds is 6. The molecule has 0 saturated heterocycles. The van der Waals surface area contributed by atoms with Crippen molar-refractivity contribution in [2.45, 2.75) is 0 Å². The Morgan fingerprint density at radius 2 is 0.879 bits per heavy atom. The van der Waals surface area contributed by atoms with E-state index in [0.717, 1.165) is 132 Å². The van der Waals surface area contributed by atoms with E-state index in [1.165, 1.54) is 0 Å². The van der Waals surface area contributed by atoms with Crippen LogP contribution in [0.15, 0.2) is 201 Å². The Morgan fingerprint density at radius 1 is 0.362 bits per heavy atom. The molecule has 0 fully saturated rings. The molecular weight excluding hydrogens is 713 g/mol. The summed E-state index contributed by atoms with van der Waals surface area (Å²) < 4.78 is 27.4. The first-order valence-corrected chi connectivity index (χ1v) is 19.4. The van der Waals surface area contributed by atoms with Crippen molar-refractivity contribution in [3.8, 4) is 22.3 Å². The van der Waals surface area contributed by atoms with E-state index in [1.54, 1.807) is 0 Å².